The number of fused-ring (bicyclic) bond motifs is 1. The quantitative estimate of drug-likeness (QED) is 0.483. The fourth-order valence-electron chi connectivity index (χ4n) is 3.96. The first-order valence-electron chi connectivity index (χ1n) is 9.22. The van der Waals surface area contributed by atoms with Gasteiger partial charge in [-0.2, -0.15) is 0 Å². The Labute approximate surface area is 166 Å². The largest absolute Gasteiger partial charge is 0.512 e. The van der Waals surface area contributed by atoms with Crippen molar-refractivity contribution in [1.29, 1.82) is 0 Å². The van der Waals surface area contributed by atoms with Crippen LogP contribution in [0.1, 0.15) is 13.3 Å². The number of hydrogen-bond donors (Lipinski definition) is 3. The number of carbonyl (C=O) groups is 2. The van der Waals surface area contributed by atoms with Crippen molar-refractivity contribution in [3.8, 4) is 5.75 Å². The molecule has 1 amide bonds. The van der Waals surface area contributed by atoms with Crippen LogP contribution in [0.25, 0.3) is 0 Å². The molecule has 0 radical (unpaired) electrons. The zero-order chi connectivity index (χ0) is 19.8. The molecule has 1 aromatic carbocycles. The Morgan fingerprint density at radius 3 is 2.71 bits per heavy atom. The Morgan fingerprint density at radius 2 is 2.11 bits per heavy atom. The summed E-state index contributed by atoms with van der Waals surface area (Å²) in [5.41, 5.74) is 0. The molecule has 3 aliphatic heterocycles. The molecule has 5 atom stereocenters. The lowest BCUT2D eigenvalue weighted by Crippen LogP contribution is -2.65. The zero-order valence-electron chi connectivity index (χ0n) is 15.3. The van der Waals surface area contributed by atoms with Gasteiger partial charge in [-0.15, -0.1) is 11.8 Å². The van der Waals surface area contributed by atoms with Crippen LogP contribution in [0, 0.1) is 5.92 Å². The van der Waals surface area contributed by atoms with E-state index < -0.39 is 30.3 Å². The highest BCUT2D eigenvalue weighted by atomic mass is 32.2. The average Bonchev–Trinajstić information content (AvgIpc) is 3.22. The van der Waals surface area contributed by atoms with Crippen LogP contribution in [0.3, 0.4) is 0 Å². The van der Waals surface area contributed by atoms with Crippen LogP contribution in [0.5, 0.6) is 5.75 Å². The van der Waals surface area contributed by atoms with E-state index in [0.717, 1.165) is 19.5 Å². The Morgan fingerprint density at radius 1 is 1.36 bits per heavy atom. The van der Waals surface area contributed by atoms with Gasteiger partial charge in [0.25, 0.3) is 0 Å². The fourth-order valence-corrected chi connectivity index (χ4v) is 5.31. The molecule has 2 saturated heterocycles. The highest BCUT2D eigenvalue weighted by Crippen LogP contribution is 2.50. The molecular formula is C19H22N2O6S. The van der Waals surface area contributed by atoms with Crippen molar-refractivity contribution in [1.82, 2.24) is 10.2 Å². The third-order valence-corrected chi connectivity index (χ3v) is 6.60. The Kier molecular flexibility index (Phi) is 5.22. The second-order valence-electron chi connectivity index (χ2n) is 7.09. The van der Waals surface area contributed by atoms with Gasteiger partial charge >= 0.3 is 6.16 Å². The second-order valence-corrected chi connectivity index (χ2v) is 8.43. The number of thioether (sulfide) groups is 1. The van der Waals surface area contributed by atoms with E-state index in [4.69, 9.17) is 9.47 Å². The van der Waals surface area contributed by atoms with Crippen LogP contribution < -0.4 is 10.1 Å². The first-order chi connectivity index (χ1) is 13.5. The highest BCUT2D eigenvalue weighted by Gasteiger charge is 2.63. The van der Waals surface area contributed by atoms with Crippen molar-refractivity contribution in [3.05, 3.63) is 41.1 Å². The molecule has 2 fully saturated rings. The van der Waals surface area contributed by atoms with Crippen molar-refractivity contribution in [2.24, 2.45) is 5.92 Å². The summed E-state index contributed by atoms with van der Waals surface area (Å²) in [6.45, 7) is 3.22. The Balaban J connectivity index is 1.71. The molecule has 0 saturated carbocycles. The maximum atomic E-state index is 12.6. The summed E-state index contributed by atoms with van der Waals surface area (Å²) in [5.74, 6) is -0.397. The van der Waals surface area contributed by atoms with Gasteiger partial charge in [0.1, 0.15) is 5.75 Å². The third-order valence-electron chi connectivity index (χ3n) is 5.21. The highest BCUT2D eigenvalue weighted by molar-refractivity contribution is 8.03. The minimum atomic E-state index is -1.48. The first-order valence-corrected chi connectivity index (χ1v) is 10.1. The topological polar surface area (TPSA) is 108 Å². The van der Waals surface area contributed by atoms with Crippen LogP contribution in [-0.4, -0.2) is 63.8 Å². The molecule has 0 bridgehead atoms. The predicted octanol–water partition coefficient (Wildman–Crippen LogP) is 1.61. The van der Waals surface area contributed by atoms with Gasteiger partial charge in [0.2, 0.25) is 11.8 Å². The fraction of sp³-hybridized carbons (Fsp3) is 0.474. The molecule has 3 N–H and O–H groups in total. The first kappa shape index (κ1) is 19.1. The number of ether oxygens (including phenoxy) is 2. The number of nitrogens with one attached hydrogen (secondary N) is 1. The molecule has 0 unspecified atom stereocenters. The maximum absolute atomic E-state index is 12.6. The lowest BCUT2D eigenvalue weighted by Gasteiger charge is -2.45. The molecule has 0 spiro atoms. The van der Waals surface area contributed by atoms with Gasteiger partial charge in [-0.05, 0) is 32.0 Å². The van der Waals surface area contributed by atoms with Gasteiger partial charge in [-0.1, -0.05) is 18.2 Å². The zero-order valence-corrected chi connectivity index (χ0v) is 16.1. The van der Waals surface area contributed by atoms with Gasteiger partial charge in [0.15, 0.2) is 6.10 Å². The van der Waals surface area contributed by atoms with Gasteiger partial charge in [-0.25, -0.2) is 4.79 Å². The molecule has 1 aromatic rings. The van der Waals surface area contributed by atoms with E-state index in [9.17, 15) is 19.8 Å². The number of benzene rings is 1. The minimum absolute atomic E-state index is 0.0113. The van der Waals surface area contributed by atoms with Gasteiger partial charge in [-0.3, -0.25) is 9.69 Å². The summed E-state index contributed by atoms with van der Waals surface area (Å²) in [5, 5.41) is 22.8. The second kappa shape index (κ2) is 7.65. The molecule has 3 aliphatic rings. The predicted molar refractivity (Wildman–Crippen MR) is 102 cm³/mol. The van der Waals surface area contributed by atoms with Gasteiger partial charge < -0.3 is 25.0 Å². The molecule has 28 heavy (non-hydrogen) atoms. The number of carbonyl (C=O) groups excluding carboxylic acids is 1. The number of nitrogens with zero attached hydrogens (tertiary/aromatic N) is 1. The van der Waals surface area contributed by atoms with Crippen molar-refractivity contribution in [2.45, 2.75) is 36.8 Å². The number of amides is 1. The van der Waals surface area contributed by atoms with Crippen molar-refractivity contribution in [3.63, 3.8) is 0 Å². The Bertz CT molecular complexity index is 793. The van der Waals surface area contributed by atoms with E-state index in [-0.39, 0.29) is 17.0 Å². The molecule has 0 aromatic heterocycles. The summed E-state index contributed by atoms with van der Waals surface area (Å²) in [7, 11) is 0. The normalized spacial score (nSPS) is 30.1. The lowest BCUT2D eigenvalue weighted by molar-refractivity contribution is -0.165. The standard InChI is InChI=1S/C19H22N2O6S/c1-10(22)13-14-15(26-11-5-3-2-4-6-11)16(28-12-7-8-20-9-12)18(27-19(24)25)21(14)17(13)23/h2-6,10,12-15,20,22H,7-9H2,1H3,(H,24,25)/t10-,12+,13-,14+,15-/m1/s1. The molecule has 8 nitrogen and oxygen atoms in total. The number of aliphatic hydroxyl groups is 1. The number of rotatable bonds is 6. The molecule has 9 heteroatoms. The molecular weight excluding hydrogens is 384 g/mol. The molecule has 150 valence electrons. The monoisotopic (exact) mass is 406 g/mol. The van der Waals surface area contributed by atoms with E-state index in [1.54, 1.807) is 19.1 Å². The number of aliphatic hydroxyl groups excluding tert-OH is 1. The lowest BCUT2D eigenvalue weighted by atomic mass is 9.82. The van der Waals surface area contributed by atoms with Crippen molar-refractivity contribution >= 4 is 23.8 Å². The molecule has 4 rings (SSSR count). The molecule has 3 heterocycles. The number of para-hydroxylation sites is 1. The number of β-lactam (4-membered cyclic amide) rings is 1. The third kappa shape index (κ3) is 3.34. The van der Waals surface area contributed by atoms with Gasteiger partial charge in [0, 0.05) is 11.8 Å². The minimum Gasteiger partial charge on any atom is -0.483 e. The van der Waals surface area contributed by atoms with E-state index in [2.05, 4.69) is 5.32 Å². The van der Waals surface area contributed by atoms with E-state index in [0.29, 0.717) is 10.7 Å². The van der Waals surface area contributed by atoms with Gasteiger partial charge in [0.05, 0.1) is 23.0 Å². The van der Waals surface area contributed by atoms with E-state index in [1.807, 2.05) is 18.2 Å². The average molecular weight is 406 g/mol. The van der Waals surface area contributed by atoms with Crippen molar-refractivity contribution in [2.75, 3.05) is 13.1 Å². The van der Waals surface area contributed by atoms with Crippen LogP contribution >= 0.6 is 11.8 Å². The van der Waals surface area contributed by atoms with Crippen LogP contribution in [0.2, 0.25) is 0 Å². The van der Waals surface area contributed by atoms with Crippen molar-refractivity contribution < 1.29 is 29.3 Å². The SMILES string of the molecule is C[C@@H](O)[C@H]1C(=O)N2C(OC(=O)O)=C(S[C@H]3CCNC3)[C@H](Oc3ccccc3)[C@H]12. The number of carboxylic acid groups (broad SMARTS) is 1. The summed E-state index contributed by atoms with van der Waals surface area (Å²) in [4.78, 5) is 25.8. The number of hydrogen-bond acceptors (Lipinski definition) is 7. The van der Waals surface area contributed by atoms with E-state index in [1.165, 1.54) is 16.7 Å². The summed E-state index contributed by atoms with van der Waals surface area (Å²) in [6, 6.07) is 8.65. The van der Waals surface area contributed by atoms with Crippen LogP contribution in [-0.2, 0) is 9.53 Å². The summed E-state index contributed by atoms with van der Waals surface area (Å²) >= 11 is 1.48. The van der Waals surface area contributed by atoms with Crippen LogP contribution in [0.4, 0.5) is 4.79 Å². The smallest absolute Gasteiger partial charge is 0.483 e. The maximum Gasteiger partial charge on any atom is 0.512 e. The summed E-state index contributed by atoms with van der Waals surface area (Å²) < 4.78 is 11.2. The van der Waals surface area contributed by atoms with Crippen LogP contribution in [0.15, 0.2) is 41.1 Å². The molecule has 0 aliphatic carbocycles. The van der Waals surface area contributed by atoms with E-state index >= 15 is 0 Å². The summed E-state index contributed by atoms with van der Waals surface area (Å²) in [6.07, 6.45) is -2.03. The Hall–Kier alpha value is -2.23.